The van der Waals surface area contributed by atoms with Crippen molar-refractivity contribution in [2.45, 2.75) is 20.3 Å². The molecule has 0 aliphatic heterocycles. The molecule has 0 fully saturated rings. The van der Waals surface area contributed by atoms with E-state index < -0.39 is 5.91 Å². The fraction of sp³-hybridized carbons (Fsp3) is 0.143. The summed E-state index contributed by atoms with van der Waals surface area (Å²) < 4.78 is 10.9. The molecule has 2 N–H and O–H groups in total. The predicted octanol–water partition coefficient (Wildman–Crippen LogP) is 3.80. The van der Waals surface area contributed by atoms with Gasteiger partial charge in [0.25, 0.3) is 5.91 Å². The number of hydrogen-bond donors (Lipinski definition) is 2. The van der Waals surface area contributed by atoms with E-state index in [-0.39, 0.29) is 12.3 Å². The number of carbonyl (C=O) groups is 2. The highest BCUT2D eigenvalue weighted by Crippen LogP contribution is 2.30. The quantitative estimate of drug-likeness (QED) is 0.543. The average molecular weight is 362 g/mol. The Balaban J connectivity index is 1.51. The molecule has 136 valence electrons. The molecule has 6 heteroatoms. The summed E-state index contributed by atoms with van der Waals surface area (Å²) in [6.45, 7) is 3.46. The van der Waals surface area contributed by atoms with E-state index >= 15 is 0 Å². The van der Waals surface area contributed by atoms with Gasteiger partial charge in [0.05, 0.1) is 18.2 Å². The highest BCUT2D eigenvalue weighted by molar-refractivity contribution is 6.08. The molecule has 0 saturated carbocycles. The number of fused-ring (bicyclic) bond motifs is 3. The van der Waals surface area contributed by atoms with Gasteiger partial charge in [-0.2, -0.15) is 0 Å². The number of rotatable bonds is 3. The largest absolute Gasteiger partial charge is 0.466 e. The van der Waals surface area contributed by atoms with Crippen LogP contribution in [0.5, 0.6) is 0 Å². The van der Waals surface area contributed by atoms with Crippen molar-refractivity contribution in [2.75, 3.05) is 0 Å². The summed E-state index contributed by atoms with van der Waals surface area (Å²) in [5.41, 5.74) is 6.76. The second-order valence-corrected chi connectivity index (χ2v) is 6.43. The molecule has 0 atom stereocenters. The van der Waals surface area contributed by atoms with Crippen molar-refractivity contribution in [3.05, 3.63) is 71.4 Å². The van der Waals surface area contributed by atoms with Crippen molar-refractivity contribution < 1.29 is 18.4 Å². The number of amides is 2. The molecule has 2 aromatic carbocycles. The zero-order valence-corrected chi connectivity index (χ0v) is 15.0. The Kier molecular flexibility index (Phi) is 4.16. The van der Waals surface area contributed by atoms with Crippen LogP contribution in [0.25, 0.3) is 21.7 Å². The zero-order valence-electron chi connectivity index (χ0n) is 15.0. The van der Waals surface area contributed by atoms with Crippen LogP contribution in [0.2, 0.25) is 0 Å². The Labute approximate surface area is 155 Å². The fourth-order valence-corrected chi connectivity index (χ4v) is 3.27. The van der Waals surface area contributed by atoms with Gasteiger partial charge in [-0.3, -0.25) is 20.4 Å². The molecular weight excluding hydrogens is 344 g/mol. The second-order valence-electron chi connectivity index (χ2n) is 6.43. The molecule has 0 radical (unpaired) electrons. The first-order valence-electron chi connectivity index (χ1n) is 8.57. The van der Waals surface area contributed by atoms with Gasteiger partial charge < -0.3 is 8.83 Å². The molecule has 0 aliphatic rings. The Morgan fingerprint density at radius 2 is 1.85 bits per heavy atom. The molecule has 0 saturated heterocycles. The lowest BCUT2D eigenvalue weighted by molar-refractivity contribution is -0.121. The summed E-state index contributed by atoms with van der Waals surface area (Å²) in [4.78, 5) is 24.5. The average Bonchev–Trinajstić information content (AvgIpc) is 3.22. The summed E-state index contributed by atoms with van der Waals surface area (Å²) in [6.07, 6.45) is 1.67. The maximum absolute atomic E-state index is 12.3. The first kappa shape index (κ1) is 16.9. The summed E-state index contributed by atoms with van der Waals surface area (Å²) in [5, 5.41) is 3.02. The number of furan rings is 2. The molecule has 0 spiro atoms. The van der Waals surface area contributed by atoms with Crippen LogP contribution in [0.4, 0.5) is 0 Å². The minimum absolute atomic E-state index is 0.0880. The predicted molar refractivity (Wildman–Crippen MR) is 101 cm³/mol. The van der Waals surface area contributed by atoms with E-state index in [0.29, 0.717) is 17.1 Å². The van der Waals surface area contributed by atoms with Gasteiger partial charge in [0, 0.05) is 10.9 Å². The number of aryl methyl sites for hydroxylation is 2. The van der Waals surface area contributed by atoms with E-state index in [1.54, 1.807) is 26.2 Å². The maximum Gasteiger partial charge on any atom is 0.273 e. The number of carbonyl (C=O) groups excluding carboxylic acids is 2. The first-order chi connectivity index (χ1) is 13.0. The van der Waals surface area contributed by atoms with Gasteiger partial charge in [-0.1, -0.05) is 30.3 Å². The minimum Gasteiger partial charge on any atom is -0.466 e. The molecule has 2 heterocycles. The van der Waals surface area contributed by atoms with E-state index in [4.69, 9.17) is 8.83 Å². The lowest BCUT2D eigenvalue weighted by atomic mass is 10.0. The van der Waals surface area contributed by atoms with Crippen LogP contribution in [0.1, 0.15) is 27.4 Å². The van der Waals surface area contributed by atoms with Crippen LogP contribution in [-0.4, -0.2) is 11.8 Å². The summed E-state index contributed by atoms with van der Waals surface area (Å²) >= 11 is 0. The van der Waals surface area contributed by atoms with Gasteiger partial charge in [-0.15, -0.1) is 0 Å². The number of nitrogens with one attached hydrogen (secondary N) is 2. The summed E-state index contributed by atoms with van der Waals surface area (Å²) in [5.74, 6) is 0.393. The summed E-state index contributed by atoms with van der Waals surface area (Å²) in [6, 6.07) is 13.4. The van der Waals surface area contributed by atoms with Gasteiger partial charge in [0.15, 0.2) is 0 Å². The third-order valence-electron chi connectivity index (χ3n) is 4.49. The third kappa shape index (κ3) is 3.17. The van der Waals surface area contributed by atoms with Crippen LogP contribution < -0.4 is 10.9 Å². The lowest BCUT2D eigenvalue weighted by Gasteiger charge is -2.07. The molecule has 6 nitrogen and oxygen atoms in total. The van der Waals surface area contributed by atoms with Gasteiger partial charge in [-0.05, 0) is 36.8 Å². The van der Waals surface area contributed by atoms with Crippen LogP contribution in [0, 0.1) is 13.8 Å². The molecule has 0 unspecified atom stereocenters. The number of hydrogen-bond acceptors (Lipinski definition) is 4. The molecule has 0 aliphatic carbocycles. The molecule has 4 aromatic rings. The van der Waals surface area contributed by atoms with E-state index in [2.05, 4.69) is 10.9 Å². The molecule has 2 amide bonds. The standard InChI is InChI=1S/C21H18N2O4/c1-12-9-17(13(2)27-12)21(25)23-22-19(24)10-15-11-26-18-8-7-14-5-3-4-6-16(14)20(15)18/h3-9,11H,10H2,1-2H3,(H,22,24)(H,23,25). The van der Waals surface area contributed by atoms with Crippen molar-refractivity contribution in [3.8, 4) is 0 Å². The lowest BCUT2D eigenvalue weighted by Crippen LogP contribution is -2.42. The van der Waals surface area contributed by atoms with E-state index in [0.717, 1.165) is 27.3 Å². The van der Waals surface area contributed by atoms with Crippen molar-refractivity contribution in [2.24, 2.45) is 0 Å². The highest BCUT2D eigenvalue weighted by atomic mass is 16.3. The Hall–Kier alpha value is -3.54. The van der Waals surface area contributed by atoms with E-state index in [9.17, 15) is 9.59 Å². The monoisotopic (exact) mass is 362 g/mol. The molecule has 4 rings (SSSR count). The van der Waals surface area contributed by atoms with E-state index in [1.807, 2.05) is 36.4 Å². The molecular formula is C21H18N2O4. The first-order valence-corrected chi connectivity index (χ1v) is 8.57. The van der Waals surface area contributed by atoms with Gasteiger partial charge in [0.1, 0.15) is 17.1 Å². The Bertz CT molecular complexity index is 1170. The molecule has 27 heavy (non-hydrogen) atoms. The van der Waals surface area contributed by atoms with Crippen molar-refractivity contribution in [3.63, 3.8) is 0 Å². The van der Waals surface area contributed by atoms with Crippen LogP contribution in [0.3, 0.4) is 0 Å². The Morgan fingerprint density at radius 3 is 2.63 bits per heavy atom. The second kappa shape index (κ2) is 6.64. The Morgan fingerprint density at radius 1 is 1.04 bits per heavy atom. The third-order valence-corrected chi connectivity index (χ3v) is 4.49. The van der Waals surface area contributed by atoms with Gasteiger partial charge in [0.2, 0.25) is 5.91 Å². The van der Waals surface area contributed by atoms with Gasteiger partial charge in [-0.25, -0.2) is 0 Å². The van der Waals surface area contributed by atoms with Crippen LogP contribution in [0.15, 0.2) is 57.6 Å². The van der Waals surface area contributed by atoms with Crippen molar-refractivity contribution >= 4 is 33.6 Å². The maximum atomic E-state index is 12.3. The topological polar surface area (TPSA) is 84.5 Å². The van der Waals surface area contributed by atoms with Crippen molar-refractivity contribution in [1.82, 2.24) is 10.9 Å². The number of hydrazine groups is 1. The normalized spacial score (nSPS) is 11.0. The smallest absolute Gasteiger partial charge is 0.273 e. The summed E-state index contributed by atoms with van der Waals surface area (Å²) in [7, 11) is 0. The minimum atomic E-state index is -0.416. The van der Waals surface area contributed by atoms with E-state index in [1.165, 1.54) is 0 Å². The van der Waals surface area contributed by atoms with Crippen LogP contribution in [-0.2, 0) is 11.2 Å². The fourth-order valence-electron chi connectivity index (χ4n) is 3.27. The highest BCUT2D eigenvalue weighted by Gasteiger charge is 2.16. The van der Waals surface area contributed by atoms with Crippen LogP contribution >= 0.6 is 0 Å². The SMILES string of the molecule is Cc1cc(C(=O)NNC(=O)Cc2coc3ccc4ccccc4c23)c(C)o1. The zero-order chi connectivity index (χ0) is 19.0. The molecule has 2 aromatic heterocycles. The molecule has 0 bridgehead atoms. The van der Waals surface area contributed by atoms with Crippen molar-refractivity contribution in [1.29, 1.82) is 0 Å². The number of benzene rings is 2. The van der Waals surface area contributed by atoms with Gasteiger partial charge >= 0.3 is 0 Å².